The van der Waals surface area contributed by atoms with E-state index >= 15 is 0 Å². The Kier molecular flexibility index (Phi) is 5.10. The molecule has 1 atom stereocenters. The molecular formula is C22H21O2PS. The van der Waals surface area contributed by atoms with E-state index in [1.54, 1.807) is 6.08 Å². The van der Waals surface area contributed by atoms with Crippen LogP contribution in [-0.2, 0) is 22.4 Å². The number of carbonyl (C=O) groups is 1. The fourth-order valence-corrected chi connectivity index (χ4v) is 7.64. The lowest BCUT2D eigenvalue weighted by Crippen LogP contribution is -1.98. The summed E-state index contributed by atoms with van der Waals surface area (Å²) in [6.07, 6.45) is 7.09. The van der Waals surface area contributed by atoms with Crippen LogP contribution < -0.4 is 0 Å². The van der Waals surface area contributed by atoms with Crippen LogP contribution in [0.2, 0.25) is 0 Å². The molecular weight excluding hydrogens is 359 g/mol. The minimum absolute atomic E-state index is 0.257. The van der Waals surface area contributed by atoms with Gasteiger partial charge < -0.3 is 4.74 Å². The first-order valence-corrected chi connectivity index (χ1v) is 11.2. The predicted octanol–water partition coefficient (Wildman–Crippen LogP) is 6.46. The summed E-state index contributed by atoms with van der Waals surface area (Å²) in [5.41, 5.74) is 2.98. The highest BCUT2D eigenvalue weighted by Gasteiger charge is 2.27. The van der Waals surface area contributed by atoms with Crippen LogP contribution in [0.3, 0.4) is 0 Å². The Labute approximate surface area is 159 Å². The zero-order valence-electron chi connectivity index (χ0n) is 14.8. The van der Waals surface area contributed by atoms with Gasteiger partial charge in [0.05, 0.1) is 6.61 Å². The van der Waals surface area contributed by atoms with Crippen LogP contribution >= 0.6 is 18.9 Å². The van der Waals surface area contributed by atoms with Crippen LogP contribution in [0.4, 0.5) is 0 Å². The maximum Gasteiger partial charge on any atom is 0.330 e. The minimum atomic E-state index is -0.616. The van der Waals surface area contributed by atoms with Crippen LogP contribution in [0.5, 0.6) is 0 Å². The largest absolute Gasteiger partial charge is 0.463 e. The lowest BCUT2D eigenvalue weighted by atomic mass is 10.1. The van der Waals surface area contributed by atoms with Crippen LogP contribution in [0.25, 0.3) is 21.6 Å². The second-order valence-electron chi connectivity index (χ2n) is 6.28. The van der Waals surface area contributed by atoms with Gasteiger partial charge in [-0.2, -0.15) is 0 Å². The minimum Gasteiger partial charge on any atom is -0.463 e. The molecule has 26 heavy (non-hydrogen) atoms. The molecule has 0 radical (unpaired) electrons. The molecule has 3 aromatic rings. The highest BCUT2D eigenvalue weighted by Crippen LogP contribution is 2.60. The van der Waals surface area contributed by atoms with Crippen molar-refractivity contribution in [3.05, 3.63) is 70.3 Å². The molecule has 1 aliphatic carbocycles. The molecule has 0 bridgehead atoms. The number of ether oxygens (including phenoxy) is 1. The lowest BCUT2D eigenvalue weighted by molar-refractivity contribution is -0.137. The summed E-state index contributed by atoms with van der Waals surface area (Å²) >= 11 is 1.82. The molecule has 0 saturated heterocycles. The maximum absolute atomic E-state index is 11.9. The van der Waals surface area contributed by atoms with Crippen LogP contribution in [0, 0.1) is 0 Å². The van der Waals surface area contributed by atoms with Crippen LogP contribution in [0.15, 0.2) is 53.9 Å². The molecule has 0 N–H and O–H groups in total. The van der Waals surface area contributed by atoms with Crippen molar-refractivity contribution in [2.45, 2.75) is 26.2 Å². The zero-order chi connectivity index (χ0) is 17.9. The molecule has 1 aromatic carbocycles. The van der Waals surface area contributed by atoms with Crippen molar-refractivity contribution in [3.63, 3.8) is 0 Å². The molecule has 0 amide bonds. The third-order valence-electron chi connectivity index (χ3n) is 4.71. The highest BCUT2D eigenvalue weighted by atomic mass is 32.1. The quantitative estimate of drug-likeness (QED) is 0.375. The molecule has 0 saturated carbocycles. The molecule has 2 heterocycles. The smallest absolute Gasteiger partial charge is 0.330 e. The summed E-state index contributed by atoms with van der Waals surface area (Å²) in [6.45, 7) is 2.25. The number of thiophene rings is 1. The average Bonchev–Trinajstić information content (AvgIpc) is 3.38. The van der Waals surface area contributed by atoms with Gasteiger partial charge in [-0.1, -0.05) is 43.9 Å². The Morgan fingerprint density at radius 1 is 1.15 bits per heavy atom. The molecule has 0 aliphatic heterocycles. The Balaban J connectivity index is 1.93. The summed E-state index contributed by atoms with van der Waals surface area (Å²) in [6, 6.07) is 15.1. The van der Waals surface area contributed by atoms with Crippen LogP contribution in [-0.4, -0.2) is 12.6 Å². The number of hydrogen-bond acceptors (Lipinski definition) is 3. The standard InChI is InChI=1S/C22H21O2PS/c1-2-24-21(23)14-13-19-17-10-6-11-18(17)22(20-12-7-15-26-20)25(19)16-8-4-3-5-9-16/h3-5,7-9,12-15H,2,6,10-11H2,1H3/b14-13+. The highest BCUT2D eigenvalue weighted by molar-refractivity contribution is 7.62. The Hall–Kier alpha value is -2.09. The second-order valence-corrected chi connectivity index (χ2v) is 9.34. The number of hydrogen-bond donors (Lipinski definition) is 0. The van der Waals surface area contributed by atoms with Crippen molar-refractivity contribution >= 4 is 30.9 Å². The Morgan fingerprint density at radius 3 is 2.69 bits per heavy atom. The Bertz CT molecular complexity index is 936. The van der Waals surface area contributed by atoms with Gasteiger partial charge in [-0.3, -0.25) is 0 Å². The molecule has 1 aliphatic rings. The van der Waals surface area contributed by atoms with E-state index in [1.807, 2.05) is 24.3 Å². The van der Waals surface area contributed by atoms with E-state index in [-0.39, 0.29) is 5.97 Å². The van der Waals surface area contributed by atoms with E-state index in [1.165, 1.54) is 38.3 Å². The fourth-order valence-electron chi connectivity index (χ4n) is 3.71. The molecule has 0 fully saturated rings. The van der Waals surface area contributed by atoms with Crippen molar-refractivity contribution in [3.8, 4) is 15.5 Å². The Morgan fingerprint density at radius 2 is 1.96 bits per heavy atom. The number of rotatable bonds is 5. The van der Waals surface area contributed by atoms with Gasteiger partial charge >= 0.3 is 5.97 Å². The molecule has 132 valence electrons. The molecule has 4 heteroatoms. The predicted molar refractivity (Wildman–Crippen MR) is 111 cm³/mol. The van der Waals surface area contributed by atoms with E-state index in [2.05, 4.69) is 47.8 Å². The first kappa shape index (κ1) is 17.3. The first-order chi connectivity index (χ1) is 12.8. The van der Waals surface area contributed by atoms with E-state index in [0.29, 0.717) is 6.61 Å². The van der Waals surface area contributed by atoms with Crippen LogP contribution in [0.1, 0.15) is 29.8 Å². The summed E-state index contributed by atoms with van der Waals surface area (Å²) in [5.74, 6) is -0.257. The average molecular weight is 380 g/mol. The number of fused-ring (bicyclic) bond motifs is 1. The second kappa shape index (κ2) is 7.65. The summed E-state index contributed by atoms with van der Waals surface area (Å²) < 4.78 is 5.10. The van der Waals surface area contributed by atoms with Gasteiger partial charge in [0, 0.05) is 21.5 Å². The van der Waals surface area contributed by atoms with Crippen molar-refractivity contribution in [1.82, 2.24) is 0 Å². The SMILES string of the molecule is CCOC(=O)/C=C/c1c2c(c(-c3cccs3)p1-c1ccccc1)CCC2. The number of esters is 1. The summed E-state index contributed by atoms with van der Waals surface area (Å²) in [7, 11) is -0.616. The van der Waals surface area contributed by atoms with Gasteiger partial charge in [-0.25, -0.2) is 4.79 Å². The van der Waals surface area contributed by atoms with E-state index in [9.17, 15) is 4.79 Å². The van der Waals surface area contributed by atoms with Gasteiger partial charge in [0.25, 0.3) is 0 Å². The summed E-state index contributed by atoms with van der Waals surface area (Å²) in [5, 5.41) is 6.33. The molecule has 2 nitrogen and oxygen atoms in total. The van der Waals surface area contributed by atoms with E-state index < -0.39 is 7.53 Å². The summed E-state index contributed by atoms with van der Waals surface area (Å²) in [4.78, 5) is 13.3. The fraction of sp³-hybridized carbons (Fsp3) is 0.227. The lowest BCUT2D eigenvalue weighted by Gasteiger charge is -2.09. The van der Waals surface area contributed by atoms with Crippen molar-refractivity contribution in [2.24, 2.45) is 0 Å². The molecule has 4 rings (SSSR count). The number of benzene rings is 1. The monoisotopic (exact) mass is 380 g/mol. The third kappa shape index (κ3) is 3.18. The molecule has 1 unspecified atom stereocenters. The number of carbonyl (C=O) groups excluding carboxylic acids is 1. The van der Waals surface area contributed by atoms with E-state index in [4.69, 9.17) is 4.74 Å². The maximum atomic E-state index is 11.9. The molecule has 2 aromatic heterocycles. The van der Waals surface area contributed by atoms with Gasteiger partial charge in [0.1, 0.15) is 0 Å². The van der Waals surface area contributed by atoms with Crippen molar-refractivity contribution in [2.75, 3.05) is 6.61 Å². The van der Waals surface area contributed by atoms with Crippen molar-refractivity contribution < 1.29 is 9.53 Å². The van der Waals surface area contributed by atoms with Crippen molar-refractivity contribution in [1.29, 1.82) is 0 Å². The van der Waals surface area contributed by atoms with E-state index in [0.717, 1.165) is 12.8 Å². The van der Waals surface area contributed by atoms with Gasteiger partial charge in [-0.15, -0.1) is 11.3 Å². The van der Waals surface area contributed by atoms with Gasteiger partial charge in [-0.05, 0) is 60.1 Å². The third-order valence-corrected chi connectivity index (χ3v) is 8.42. The molecule has 0 spiro atoms. The normalized spacial score (nSPS) is 14.0. The topological polar surface area (TPSA) is 26.3 Å². The first-order valence-electron chi connectivity index (χ1n) is 9.00. The van der Waals surface area contributed by atoms with Gasteiger partial charge in [0.15, 0.2) is 0 Å². The van der Waals surface area contributed by atoms with Gasteiger partial charge in [0.2, 0.25) is 0 Å². The zero-order valence-corrected chi connectivity index (χ0v) is 16.5.